The van der Waals surface area contributed by atoms with E-state index >= 15 is 0 Å². The first-order valence-electron chi connectivity index (χ1n) is 4.47. The number of aliphatic hydroxyl groups is 1. The third kappa shape index (κ3) is 2.29. The van der Waals surface area contributed by atoms with Gasteiger partial charge in [0.1, 0.15) is 0 Å². The standard InChI is InChI=1S/C9H17N3O/c1-7-8(6-12(3)11-7)9(10-2)4-5-13/h6,9-10,13H,4-5H2,1-3H3. The second-order valence-electron chi connectivity index (χ2n) is 3.20. The molecule has 0 aliphatic rings. The van der Waals surface area contributed by atoms with Crippen molar-refractivity contribution in [2.75, 3.05) is 13.7 Å². The van der Waals surface area contributed by atoms with Crippen molar-refractivity contribution in [2.45, 2.75) is 19.4 Å². The van der Waals surface area contributed by atoms with Crippen molar-refractivity contribution in [3.63, 3.8) is 0 Å². The Balaban J connectivity index is 2.83. The normalized spacial score (nSPS) is 13.2. The van der Waals surface area contributed by atoms with Crippen LogP contribution in [0.25, 0.3) is 0 Å². The number of hydrogen-bond acceptors (Lipinski definition) is 3. The van der Waals surface area contributed by atoms with Gasteiger partial charge >= 0.3 is 0 Å². The fraction of sp³-hybridized carbons (Fsp3) is 0.667. The van der Waals surface area contributed by atoms with E-state index in [-0.39, 0.29) is 12.6 Å². The van der Waals surface area contributed by atoms with E-state index in [1.807, 2.05) is 27.2 Å². The Morgan fingerprint density at radius 2 is 2.38 bits per heavy atom. The largest absolute Gasteiger partial charge is 0.396 e. The van der Waals surface area contributed by atoms with Gasteiger partial charge in [-0.2, -0.15) is 5.10 Å². The number of nitrogens with one attached hydrogen (secondary N) is 1. The molecule has 0 amide bonds. The lowest BCUT2D eigenvalue weighted by Crippen LogP contribution is -2.17. The maximum atomic E-state index is 8.86. The Morgan fingerprint density at radius 3 is 2.77 bits per heavy atom. The Labute approximate surface area is 78.6 Å². The van der Waals surface area contributed by atoms with Gasteiger partial charge in [-0.05, 0) is 20.4 Å². The summed E-state index contributed by atoms with van der Waals surface area (Å²) in [5, 5.41) is 16.3. The highest BCUT2D eigenvalue weighted by Crippen LogP contribution is 2.18. The van der Waals surface area contributed by atoms with E-state index in [1.54, 1.807) is 4.68 Å². The summed E-state index contributed by atoms with van der Waals surface area (Å²) in [7, 11) is 3.80. The van der Waals surface area contributed by atoms with Gasteiger partial charge < -0.3 is 10.4 Å². The Hall–Kier alpha value is -0.870. The lowest BCUT2D eigenvalue weighted by molar-refractivity contribution is 0.268. The van der Waals surface area contributed by atoms with Crippen molar-refractivity contribution in [2.24, 2.45) is 7.05 Å². The quantitative estimate of drug-likeness (QED) is 0.709. The zero-order chi connectivity index (χ0) is 9.84. The molecule has 1 aromatic rings. The van der Waals surface area contributed by atoms with Crippen LogP contribution in [0.15, 0.2) is 6.20 Å². The molecule has 0 aromatic carbocycles. The van der Waals surface area contributed by atoms with E-state index in [1.165, 1.54) is 5.56 Å². The minimum absolute atomic E-state index is 0.194. The minimum Gasteiger partial charge on any atom is -0.396 e. The molecule has 1 aromatic heterocycles. The third-order valence-corrected chi connectivity index (χ3v) is 2.19. The molecule has 0 saturated heterocycles. The Morgan fingerprint density at radius 1 is 1.69 bits per heavy atom. The molecule has 1 heterocycles. The molecule has 0 saturated carbocycles. The molecule has 2 N–H and O–H groups in total. The number of aliphatic hydroxyl groups excluding tert-OH is 1. The molecule has 0 aliphatic heterocycles. The Kier molecular flexibility index (Phi) is 3.45. The first-order chi connectivity index (χ1) is 6.19. The van der Waals surface area contributed by atoms with E-state index in [0.717, 1.165) is 12.1 Å². The molecule has 13 heavy (non-hydrogen) atoms. The number of hydrogen-bond donors (Lipinski definition) is 2. The van der Waals surface area contributed by atoms with Gasteiger partial charge in [0, 0.05) is 31.5 Å². The van der Waals surface area contributed by atoms with Crippen molar-refractivity contribution in [1.29, 1.82) is 0 Å². The summed E-state index contributed by atoms with van der Waals surface area (Å²) >= 11 is 0. The third-order valence-electron chi connectivity index (χ3n) is 2.19. The lowest BCUT2D eigenvalue weighted by atomic mass is 10.1. The molecular formula is C9H17N3O. The molecule has 0 aliphatic carbocycles. The summed E-state index contributed by atoms with van der Waals surface area (Å²) in [5.41, 5.74) is 2.19. The van der Waals surface area contributed by atoms with E-state index in [9.17, 15) is 0 Å². The second kappa shape index (κ2) is 4.39. The van der Waals surface area contributed by atoms with Crippen LogP contribution < -0.4 is 5.32 Å². The molecule has 4 nitrogen and oxygen atoms in total. The molecule has 0 spiro atoms. The highest BCUT2D eigenvalue weighted by Gasteiger charge is 2.13. The fourth-order valence-corrected chi connectivity index (χ4v) is 1.54. The summed E-state index contributed by atoms with van der Waals surface area (Å²) in [6.07, 6.45) is 2.72. The number of aromatic nitrogens is 2. The van der Waals surface area contributed by atoms with Crippen LogP contribution >= 0.6 is 0 Å². The second-order valence-corrected chi connectivity index (χ2v) is 3.20. The highest BCUT2D eigenvalue weighted by molar-refractivity contribution is 5.19. The molecule has 1 unspecified atom stereocenters. The zero-order valence-corrected chi connectivity index (χ0v) is 8.41. The van der Waals surface area contributed by atoms with Gasteiger partial charge in [-0.3, -0.25) is 4.68 Å². The van der Waals surface area contributed by atoms with Crippen LogP contribution in [0.2, 0.25) is 0 Å². The highest BCUT2D eigenvalue weighted by atomic mass is 16.3. The van der Waals surface area contributed by atoms with Crippen molar-refractivity contribution < 1.29 is 5.11 Å². The van der Waals surface area contributed by atoms with Crippen LogP contribution in [0.5, 0.6) is 0 Å². The Bertz CT molecular complexity index is 270. The molecule has 4 heteroatoms. The van der Waals surface area contributed by atoms with Crippen molar-refractivity contribution in [3.8, 4) is 0 Å². The average molecular weight is 183 g/mol. The fourth-order valence-electron chi connectivity index (χ4n) is 1.54. The zero-order valence-electron chi connectivity index (χ0n) is 8.41. The summed E-state index contributed by atoms with van der Waals surface area (Å²) in [4.78, 5) is 0. The predicted molar refractivity (Wildman–Crippen MR) is 51.4 cm³/mol. The van der Waals surface area contributed by atoms with Crippen molar-refractivity contribution in [3.05, 3.63) is 17.5 Å². The van der Waals surface area contributed by atoms with Crippen LogP contribution in [-0.4, -0.2) is 28.5 Å². The molecule has 1 rings (SSSR count). The van der Waals surface area contributed by atoms with E-state index < -0.39 is 0 Å². The number of rotatable bonds is 4. The maximum Gasteiger partial charge on any atom is 0.0641 e. The molecule has 0 fully saturated rings. The summed E-state index contributed by atoms with van der Waals surface area (Å²) in [6.45, 7) is 2.18. The van der Waals surface area contributed by atoms with Gasteiger partial charge in [0.05, 0.1) is 5.69 Å². The van der Waals surface area contributed by atoms with Crippen LogP contribution in [0.3, 0.4) is 0 Å². The molecule has 74 valence electrons. The van der Waals surface area contributed by atoms with Gasteiger partial charge in [0.25, 0.3) is 0 Å². The van der Waals surface area contributed by atoms with Gasteiger partial charge in [-0.1, -0.05) is 0 Å². The van der Waals surface area contributed by atoms with Crippen LogP contribution in [0.4, 0.5) is 0 Å². The summed E-state index contributed by atoms with van der Waals surface area (Å²) in [5.74, 6) is 0. The van der Waals surface area contributed by atoms with Gasteiger partial charge in [0.15, 0.2) is 0 Å². The van der Waals surface area contributed by atoms with Gasteiger partial charge in [-0.25, -0.2) is 0 Å². The first kappa shape index (κ1) is 10.2. The SMILES string of the molecule is CNC(CCO)c1cn(C)nc1C. The minimum atomic E-state index is 0.194. The lowest BCUT2D eigenvalue weighted by Gasteiger charge is -2.13. The topological polar surface area (TPSA) is 50.1 Å². The smallest absolute Gasteiger partial charge is 0.0641 e. The van der Waals surface area contributed by atoms with Crippen molar-refractivity contribution >= 4 is 0 Å². The van der Waals surface area contributed by atoms with E-state index in [0.29, 0.717) is 0 Å². The maximum absolute atomic E-state index is 8.86. The first-order valence-corrected chi connectivity index (χ1v) is 4.47. The predicted octanol–water partition coefficient (Wildman–Crippen LogP) is 0.371. The van der Waals surface area contributed by atoms with E-state index in [4.69, 9.17) is 5.11 Å². The van der Waals surface area contributed by atoms with Crippen LogP contribution in [0.1, 0.15) is 23.7 Å². The molecule has 0 bridgehead atoms. The number of aryl methyl sites for hydroxylation is 2. The molecule has 1 atom stereocenters. The number of nitrogens with zero attached hydrogens (tertiary/aromatic N) is 2. The van der Waals surface area contributed by atoms with Crippen LogP contribution in [0, 0.1) is 6.92 Å². The van der Waals surface area contributed by atoms with Crippen LogP contribution in [-0.2, 0) is 7.05 Å². The van der Waals surface area contributed by atoms with E-state index in [2.05, 4.69) is 10.4 Å². The average Bonchev–Trinajstić information content (AvgIpc) is 2.41. The monoisotopic (exact) mass is 183 g/mol. The molecular weight excluding hydrogens is 166 g/mol. The molecule has 0 radical (unpaired) electrons. The van der Waals surface area contributed by atoms with Crippen molar-refractivity contribution in [1.82, 2.24) is 15.1 Å². The summed E-state index contributed by atoms with van der Waals surface area (Å²) in [6, 6.07) is 0.207. The summed E-state index contributed by atoms with van der Waals surface area (Å²) < 4.78 is 1.80. The van der Waals surface area contributed by atoms with Gasteiger partial charge in [-0.15, -0.1) is 0 Å². The van der Waals surface area contributed by atoms with Gasteiger partial charge in [0.2, 0.25) is 0 Å².